The summed E-state index contributed by atoms with van der Waals surface area (Å²) in [6, 6.07) is 1.01. The quantitative estimate of drug-likeness (QED) is 0.707. The summed E-state index contributed by atoms with van der Waals surface area (Å²) >= 11 is 0. The van der Waals surface area contributed by atoms with E-state index in [9.17, 15) is 19.1 Å². The fourth-order valence-electron chi connectivity index (χ4n) is 3.77. The predicted molar refractivity (Wildman–Crippen MR) is 106 cm³/mol. The van der Waals surface area contributed by atoms with Crippen LogP contribution in [0.2, 0.25) is 0 Å². The lowest BCUT2D eigenvalue weighted by atomic mass is 9.88. The van der Waals surface area contributed by atoms with Gasteiger partial charge in [0.2, 0.25) is 0 Å². The van der Waals surface area contributed by atoms with Gasteiger partial charge in [0.1, 0.15) is 5.82 Å². The molecule has 8 nitrogen and oxygen atoms in total. The third kappa shape index (κ3) is 4.82. The number of hydrogen-bond donors (Lipinski definition) is 3. The summed E-state index contributed by atoms with van der Waals surface area (Å²) < 4.78 is 14.4. The third-order valence-electron chi connectivity index (χ3n) is 4.98. The largest absolute Gasteiger partial charge is 0.465 e. The summed E-state index contributed by atoms with van der Waals surface area (Å²) in [6.45, 7) is 5.65. The average molecular weight is 395 g/mol. The van der Waals surface area contributed by atoms with Crippen LogP contribution >= 0.6 is 0 Å². The Hall–Kier alpha value is -2.58. The highest BCUT2D eigenvalue weighted by Crippen LogP contribution is 2.31. The molecule has 1 fully saturated rings. The number of carbonyl (C=O) groups is 2. The zero-order valence-corrected chi connectivity index (χ0v) is 17.1. The first-order chi connectivity index (χ1) is 12.9. The van der Waals surface area contributed by atoms with Crippen LogP contribution in [-0.4, -0.2) is 58.7 Å². The topological polar surface area (TPSA) is 112 Å². The van der Waals surface area contributed by atoms with Crippen LogP contribution in [0.1, 0.15) is 56.8 Å². The van der Waals surface area contributed by atoms with Crippen molar-refractivity contribution in [3.05, 3.63) is 17.4 Å². The first kappa shape index (κ1) is 21.7. The molecular weight excluding hydrogens is 365 g/mol. The van der Waals surface area contributed by atoms with Crippen LogP contribution in [0.25, 0.3) is 0 Å². The number of halogens is 1. The van der Waals surface area contributed by atoms with E-state index in [0.29, 0.717) is 31.5 Å². The Kier molecular flexibility index (Phi) is 6.36. The van der Waals surface area contributed by atoms with Crippen molar-refractivity contribution in [2.45, 2.75) is 64.1 Å². The Morgan fingerprint density at radius 2 is 1.82 bits per heavy atom. The molecule has 1 aromatic heterocycles. The zero-order valence-electron chi connectivity index (χ0n) is 17.1. The molecule has 9 heteroatoms. The number of nitrogens with zero attached hydrogens (tertiary/aromatic N) is 3. The molecule has 1 heterocycles. The second-order valence-electron chi connectivity index (χ2n) is 8.42. The molecule has 4 N–H and O–H groups in total. The molecule has 0 aromatic carbocycles. The van der Waals surface area contributed by atoms with Crippen molar-refractivity contribution in [3.8, 4) is 0 Å². The van der Waals surface area contributed by atoms with E-state index in [1.807, 2.05) is 20.8 Å². The van der Waals surface area contributed by atoms with Crippen molar-refractivity contribution < 1.29 is 19.1 Å². The maximum atomic E-state index is 14.4. The van der Waals surface area contributed by atoms with E-state index in [1.54, 1.807) is 19.0 Å². The first-order valence-corrected chi connectivity index (χ1v) is 9.38. The Morgan fingerprint density at radius 1 is 1.25 bits per heavy atom. The molecule has 1 aliphatic rings. The number of anilines is 2. The SMILES string of the molecule is CN(C)c1nc(NC2CCC(N(C(=O)O)C(C)(C)C)CC2)c(F)cc1C(N)=O. The molecular formula is C19H30FN5O3. The van der Waals surface area contributed by atoms with E-state index >= 15 is 0 Å². The number of pyridine rings is 1. The molecule has 0 atom stereocenters. The third-order valence-corrected chi connectivity index (χ3v) is 4.98. The predicted octanol–water partition coefficient (Wildman–Crippen LogP) is 2.89. The van der Waals surface area contributed by atoms with Crippen molar-refractivity contribution in [3.63, 3.8) is 0 Å². The standard InChI is InChI=1S/C19H30FN5O3/c1-19(2,3)25(18(27)28)12-8-6-11(7-9-12)22-16-14(20)10-13(15(21)26)17(23-16)24(4)5/h10-12H,6-9H2,1-5H3,(H2,21,26)(H,22,23)(H,27,28). The van der Waals surface area contributed by atoms with E-state index in [2.05, 4.69) is 10.3 Å². The highest BCUT2D eigenvalue weighted by atomic mass is 19.1. The van der Waals surface area contributed by atoms with Crippen molar-refractivity contribution in [2.24, 2.45) is 5.73 Å². The smallest absolute Gasteiger partial charge is 0.407 e. The van der Waals surface area contributed by atoms with Gasteiger partial charge in [-0.25, -0.2) is 14.2 Å². The fraction of sp³-hybridized carbons (Fsp3) is 0.632. The minimum atomic E-state index is -0.922. The van der Waals surface area contributed by atoms with Crippen LogP contribution in [0, 0.1) is 5.82 Å². The number of hydrogen-bond acceptors (Lipinski definition) is 5. The van der Waals surface area contributed by atoms with Gasteiger partial charge >= 0.3 is 6.09 Å². The number of aromatic nitrogens is 1. The maximum absolute atomic E-state index is 14.4. The van der Waals surface area contributed by atoms with Gasteiger partial charge < -0.3 is 26.0 Å². The van der Waals surface area contributed by atoms with Crippen LogP contribution in [0.4, 0.5) is 20.8 Å². The summed E-state index contributed by atoms with van der Waals surface area (Å²) in [6.07, 6.45) is 1.83. The zero-order chi connectivity index (χ0) is 21.2. The first-order valence-electron chi connectivity index (χ1n) is 9.38. The Labute approximate surface area is 164 Å². The van der Waals surface area contributed by atoms with Gasteiger partial charge in [-0.1, -0.05) is 0 Å². The number of nitrogens with one attached hydrogen (secondary N) is 1. The molecule has 0 radical (unpaired) electrons. The number of carbonyl (C=O) groups excluding carboxylic acids is 1. The molecule has 2 amide bonds. The van der Waals surface area contributed by atoms with Crippen LogP contribution in [0.3, 0.4) is 0 Å². The summed E-state index contributed by atoms with van der Waals surface area (Å²) in [5.74, 6) is -1.00. The van der Waals surface area contributed by atoms with E-state index in [-0.39, 0.29) is 23.5 Å². The highest BCUT2D eigenvalue weighted by molar-refractivity contribution is 5.98. The number of carboxylic acid groups (broad SMARTS) is 1. The lowest BCUT2D eigenvalue weighted by Gasteiger charge is -2.42. The minimum absolute atomic E-state index is 0.0247. The number of primary amides is 1. The van der Waals surface area contributed by atoms with Gasteiger partial charge in [0, 0.05) is 31.7 Å². The monoisotopic (exact) mass is 395 g/mol. The van der Waals surface area contributed by atoms with E-state index in [0.717, 1.165) is 6.07 Å². The molecule has 1 aromatic rings. The second kappa shape index (κ2) is 8.20. The van der Waals surface area contributed by atoms with E-state index in [4.69, 9.17) is 5.73 Å². The number of amides is 2. The lowest BCUT2D eigenvalue weighted by molar-refractivity contribution is 0.0556. The summed E-state index contributed by atoms with van der Waals surface area (Å²) in [7, 11) is 3.41. The van der Waals surface area contributed by atoms with Gasteiger partial charge in [-0.15, -0.1) is 0 Å². The fourth-order valence-corrected chi connectivity index (χ4v) is 3.77. The summed E-state index contributed by atoms with van der Waals surface area (Å²) in [4.78, 5) is 30.5. The highest BCUT2D eigenvalue weighted by Gasteiger charge is 2.35. The van der Waals surface area contributed by atoms with Crippen LogP contribution in [0.5, 0.6) is 0 Å². The Morgan fingerprint density at radius 3 is 2.25 bits per heavy atom. The molecule has 0 aliphatic heterocycles. The molecule has 0 bridgehead atoms. The maximum Gasteiger partial charge on any atom is 0.407 e. The van der Waals surface area contributed by atoms with Crippen LogP contribution < -0.4 is 16.0 Å². The van der Waals surface area contributed by atoms with Gasteiger partial charge in [0.05, 0.1) is 5.56 Å². The van der Waals surface area contributed by atoms with E-state index < -0.39 is 23.4 Å². The number of nitrogens with two attached hydrogens (primary N) is 1. The van der Waals surface area contributed by atoms with E-state index in [1.165, 1.54) is 4.90 Å². The van der Waals surface area contributed by atoms with Crippen LogP contribution in [0.15, 0.2) is 6.07 Å². The normalized spacial score (nSPS) is 19.8. The van der Waals surface area contributed by atoms with Gasteiger partial charge in [-0.3, -0.25) is 4.79 Å². The van der Waals surface area contributed by atoms with Crippen molar-refractivity contribution in [2.75, 3.05) is 24.3 Å². The molecule has 2 rings (SSSR count). The van der Waals surface area contributed by atoms with Gasteiger partial charge in [0.15, 0.2) is 11.6 Å². The molecule has 1 aliphatic carbocycles. The Bertz CT molecular complexity index is 740. The minimum Gasteiger partial charge on any atom is -0.465 e. The molecule has 0 spiro atoms. The number of rotatable bonds is 5. The lowest BCUT2D eigenvalue weighted by Crippen LogP contribution is -2.52. The molecule has 0 unspecified atom stereocenters. The van der Waals surface area contributed by atoms with Gasteiger partial charge in [0.25, 0.3) is 5.91 Å². The Balaban J connectivity index is 2.12. The molecule has 28 heavy (non-hydrogen) atoms. The van der Waals surface area contributed by atoms with Crippen molar-refractivity contribution in [1.29, 1.82) is 0 Å². The summed E-state index contributed by atoms with van der Waals surface area (Å²) in [5, 5.41) is 12.7. The second-order valence-corrected chi connectivity index (χ2v) is 8.42. The molecule has 1 saturated carbocycles. The van der Waals surface area contributed by atoms with Crippen molar-refractivity contribution in [1.82, 2.24) is 9.88 Å². The van der Waals surface area contributed by atoms with Gasteiger partial charge in [-0.05, 0) is 52.5 Å². The summed E-state index contributed by atoms with van der Waals surface area (Å²) in [5.41, 5.74) is 4.86. The van der Waals surface area contributed by atoms with Gasteiger partial charge in [-0.2, -0.15) is 0 Å². The van der Waals surface area contributed by atoms with Crippen molar-refractivity contribution >= 4 is 23.6 Å². The molecule has 0 saturated heterocycles. The average Bonchev–Trinajstić information content (AvgIpc) is 2.56. The molecule has 156 valence electrons. The van der Waals surface area contributed by atoms with Crippen LogP contribution in [-0.2, 0) is 0 Å².